The van der Waals surface area contributed by atoms with Crippen molar-refractivity contribution in [2.24, 2.45) is 0 Å². The maximum absolute atomic E-state index is 6.01. The molecule has 0 N–H and O–H groups in total. The summed E-state index contributed by atoms with van der Waals surface area (Å²) in [6.45, 7) is 7.08. The monoisotopic (exact) mass is 366 g/mol. The van der Waals surface area contributed by atoms with Crippen LogP contribution in [0.2, 0.25) is 0 Å². The van der Waals surface area contributed by atoms with E-state index in [2.05, 4.69) is 58.3 Å². The molecule has 2 aromatic carbocycles. The summed E-state index contributed by atoms with van der Waals surface area (Å²) in [6, 6.07) is 17.2. The molecule has 0 unspecified atom stereocenters. The Labute approximate surface area is 162 Å². The number of morpholine rings is 1. The molecule has 0 bridgehead atoms. The van der Waals surface area contributed by atoms with E-state index >= 15 is 0 Å². The van der Waals surface area contributed by atoms with Gasteiger partial charge in [0, 0.05) is 31.7 Å². The van der Waals surface area contributed by atoms with Crippen molar-refractivity contribution in [2.75, 3.05) is 39.9 Å². The van der Waals surface area contributed by atoms with Gasteiger partial charge in [-0.05, 0) is 49.2 Å². The summed E-state index contributed by atoms with van der Waals surface area (Å²) >= 11 is 0. The zero-order valence-corrected chi connectivity index (χ0v) is 16.3. The second kappa shape index (κ2) is 8.87. The van der Waals surface area contributed by atoms with Crippen LogP contribution in [0.15, 0.2) is 48.5 Å². The average molecular weight is 367 g/mol. The summed E-state index contributed by atoms with van der Waals surface area (Å²) in [5.74, 6) is 1.01. The Morgan fingerprint density at radius 2 is 1.78 bits per heavy atom. The van der Waals surface area contributed by atoms with Gasteiger partial charge in [-0.2, -0.15) is 0 Å². The van der Waals surface area contributed by atoms with E-state index in [1.54, 1.807) is 7.11 Å². The highest BCUT2D eigenvalue weighted by atomic mass is 16.5. The molecule has 2 saturated heterocycles. The maximum atomic E-state index is 6.01. The van der Waals surface area contributed by atoms with Crippen molar-refractivity contribution in [1.29, 1.82) is 0 Å². The van der Waals surface area contributed by atoms with Crippen molar-refractivity contribution in [2.45, 2.75) is 32.0 Å². The summed E-state index contributed by atoms with van der Waals surface area (Å²) in [5.41, 5.74) is 3.94. The van der Waals surface area contributed by atoms with Crippen molar-refractivity contribution in [3.63, 3.8) is 0 Å². The largest absolute Gasteiger partial charge is 0.496 e. The van der Waals surface area contributed by atoms with Crippen LogP contribution in [-0.4, -0.2) is 49.7 Å². The van der Waals surface area contributed by atoms with Gasteiger partial charge in [-0.1, -0.05) is 36.4 Å². The summed E-state index contributed by atoms with van der Waals surface area (Å²) < 4.78 is 11.6. The van der Waals surface area contributed by atoms with Crippen molar-refractivity contribution in [3.8, 4) is 5.75 Å². The molecule has 27 heavy (non-hydrogen) atoms. The van der Waals surface area contributed by atoms with E-state index in [1.807, 2.05) is 0 Å². The van der Waals surface area contributed by atoms with E-state index in [4.69, 9.17) is 9.47 Å². The quantitative estimate of drug-likeness (QED) is 0.775. The van der Waals surface area contributed by atoms with Crippen molar-refractivity contribution in [1.82, 2.24) is 9.80 Å². The van der Waals surface area contributed by atoms with Crippen LogP contribution in [0, 0.1) is 0 Å². The van der Waals surface area contributed by atoms with Gasteiger partial charge in [0.15, 0.2) is 0 Å². The Morgan fingerprint density at radius 1 is 0.963 bits per heavy atom. The molecule has 0 spiro atoms. The number of hydrogen-bond donors (Lipinski definition) is 0. The van der Waals surface area contributed by atoms with E-state index < -0.39 is 0 Å². The lowest BCUT2D eigenvalue weighted by Gasteiger charge is -2.33. The molecule has 0 saturated carbocycles. The summed E-state index contributed by atoms with van der Waals surface area (Å²) in [6.07, 6.45) is 2.80. The van der Waals surface area contributed by atoms with Crippen LogP contribution < -0.4 is 4.74 Å². The number of likely N-dealkylation sites (tertiary alicyclic amines) is 1. The minimum Gasteiger partial charge on any atom is -0.496 e. The lowest BCUT2D eigenvalue weighted by atomic mass is 10.1. The van der Waals surface area contributed by atoms with Crippen molar-refractivity contribution < 1.29 is 9.47 Å². The number of nitrogens with zero attached hydrogens (tertiary/aromatic N) is 2. The number of ether oxygens (including phenoxy) is 2. The maximum Gasteiger partial charge on any atom is 0.123 e. The van der Waals surface area contributed by atoms with Crippen LogP contribution in [0.4, 0.5) is 0 Å². The third-order valence-corrected chi connectivity index (χ3v) is 5.67. The van der Waals surface area contributed by atoms with Crippen LogP contribution in [0.1, 0.15) is 35.6 Å². The lowest BCUT2D eigenvalue weighted by Crippen LogP contribution is -2.37. The SMILES string of the molecule is COc1ccc(CN2CCO[C@@H](c3ccccc3)C2)cc1CN1CCCC1. The van der Waals surface area contributed by atoms with Gasteiger partial charge < -0.3 is 9.47 Å². The standard InChI is InChI=1S/C23H30N2O2/c1-26-22-10-9-19(15-21(22)17-24-11-5-6-12-24)16-25-13-14-27-23(18-25)20-7-3-2-4-8-20/h2-4,7-10,15,23H,5-6,11-14,16-18H2,1H3/t23-/m1/s1. The average Bonchev–Trinajstić information content (AvgIpc) is 3.22. The van der Waals surface area contributed by atoms with Gasteiger partial charge in [0.1, 0.15) is 5.75 Å². The fourth-order valence-corrected chi connectivity index (χ4v) is 4.21. The molecule has 2 aliphatic heterocycles. The van der Waals surface area contributed by atoms with Gasteiger partial charge in [0.05, 0.1) is 19.8 Å². The molecular formula is C23H30N2O2. The van der Waals surface area contributed by atoms with E-state index in [1.165, 1.54) is 42.6 Å². The third-order valence-electron chi connectivity index (χ3n) is 5.67. The smallest absolute Gasteiger partial charge is 0.123 e. The molecule has 144 valence electrons. The lowest BCUT2D eigenvalue weighted by molar-refractivity contribution is -0.0329. The molecule has 4 rings (SSSR count). The molecule has 2 aromatic rings. The number of rotatable bonds is 6. The highest BCUT2D eigenvalue weighted by Gasteiger charge is 2.22. The van der Waals surface area contributed by atoms with Gasteiger partial charge in [0.25, 0.3) is 0 Å². The first-order valence-electron chi connectivity index (χ1n) is 10.1. The first kappa shape index (κ1) is 18.5. The fourth-order valence-electron chi connectivity index (χ4n) is 4.21. The van der Waals surface area contributed by atoms with Gasteiger partial charge in [-0.3, -0.25) is 9.80 Å². The van der Waals surface area contributed by atoms with E-state index in [0.717, 1.165) is 38.5 Å². The van der Waals surface area contributed by atoms with Gasteiger partial charge in [0.2, 0.25) is 0 Å². The summed E-state index contributed by atoms with van der Waals surface area (Å²) in [7, 11) is 1.77. The first-order valence-corrected chi connectivity index (χ1v) is 10.1. The Kier molecular flexibility index (Phi) is 6.07. The van der Waals surface area contributed by atoms with Crippen LogP contribution in [0.3, 0.4) is 0 Å². The molecule has 4 nitrogen and oxygen atoms in total. The fraction of sp³-hybridized carbons (Fsp3) is 0.478. The van der Waals surface area contributed by atoms with Gasteiger partial charge in [-0.25, -0.2) is 0 Å². The molecule has 1 atom stereocenters. The zero-order chi connectivity index (χ0) is 18.5. The van der Waals surface area contributed by atoms with E-state index in [9.17, 15) is 0 Å². The molecule has 4 heteroatoms. The second-order valence-electron chi connectivity index (χ2n) is 7.63. The van der Waals surface area contributed by atoms with Crippen LogP contribution in [0.5, 0.6) is 5.75 Å². The van der Waals surface area contributed by atoms with Gasteiger partial charge >= 0.3 is 0 Å². The predicted octanol–water partition coefficient (Wildman–Crippen LogP) is 3.86. The zero-order valence-electron chi connectivity index (χ0n) is 16.3. The number of hydrogen-bond acceptors (Lipinski definition) is 4. The summed E-state index contributed by atoms with van der Waals surface area (Å²) in [4.78, 5) is 5.03. The Bertz CT molecular complexity index is 728. The van der Waals surface area contributed by atoms with Crippen LogP contribution >= 0.6 is 0 Å². The van der Waals surface area contributed by atoms with Crippen molar-refractivity contribution >= 4 is 0 Å². The minimum atomic E-state index is 0.169. The van der Waals surface area contributed by atoms with Gasteiger partial charge in [-0.15, -0.1) is 0 Å². The van der Waals surface area contributed by atoms with E-state index in [0.29, 0.717) is 0 Å². The minimum absolute atomic E-state index is 0.169. The van der Waals surface area contributed by atoms with E-state index in [-0.39, 0.29) is 6.10 Å². The molecule has 2 aliphatic rings. The summed E-state index contributed by atoms with van der Waals surface area (Å²) in [5, 5.41) is 0. The Hall–Kier alpha value is -1.88. The molecule has 2 heterocycles. The number of methoxy groups -OCH3 is 1. The normalized spacial score (nSPS) is 21.4. The number of benzene rings is 2. The second-order valence-corrected chi connectivity index (χ2v) is 7.63. The highest BCUT2D eigenvalue weighted by molar-refractivity contribution is 5.37. The molecular weight excluding hydrogens is 336 g/mol. The van der Waals surface area contributed by atoms with Crippen molar-refractivity contribution in [3.05, 3.63) is 65.2 Å². The predicted molar refractivity (Wildman–Crippen MR) is 108 cm³/mol. The first-order chi connectivity index (χ1) is 13.3. The molecule has 0 amide bonds. The highest BCUT2D eigenvalue weighted by Crippen LogP contribution is 2.26. The third kappa shape index (κ3) is 4.70. The molecule has 2 fully saturated rings. The van der Waals surface area contributed by atoms with Crippen LogP contribution in [0.25, 0.3) is 0 Å². The molecule has 0 radical (unpaired) electrons. The molecule has 0 aromatic heterocycles. The molecule has 0 aliphatic carbocycles. The Balaban J connectivity index is 1.43. The Morgan fingerprint density at radius 3 is 2.56 bits per heavy atom. The van der Waals surface area contributed by atoms with Crippen LogP contribution in [-0.2, 0) is 17.8 Å². The topological polar surface area (TPSA) is 24.9 Å².